The Morgan fingerprint density at radius 3 is 1.83 bits per heavy atom. The van der Waals surface area contributed by atoms with Gasteiger partial charge in [-0.3, -0.25) is 0 Å². The maximum atomic E-state index is 3.63. The van der Waals surface area contributed by atoms with Crippen LogP contribution in [0.15, 0.2) is 45.3 Å². The van der Waals surface area contributed by atoms with Crippen LogP contribution in [0.1, 0.15) is 45.4 Å². The van der Waals surface area contributed by atoms with E-state index >= 15 is 0 Å². The van der Waals surface area contributed by atoms with Gasteiger partial charge in [-0.2, -0.15) is 0 Å². The molecule has 0 amide bonds. The maximum Gasteiger partial charge on any atom is 0.0502 e. The van der Waals surface area contributed by atoms with Crippen LogP contribution in [-0.4, -0.2) is 4.57 Å². The number of unbranched alkanes of at least 4 members (excludes halogenated alkanes) is 5. The van der Waals surface area contributed by atoms with Gasteiger partial charge in [0.05, 0.1) is 11.0 Å². The van der Waals surface area contributed by atoms with E-state index in [-0.39, 0.29) is 0 Å². The molecule has 1 aromatic heterocycles. The predicted octanol–water partition coefficient (Wildman–Crippen LogP) is 7.68. The lowest BCUT2D eigenvalue weighted by molar-refractivity contribution is 0.571. The number of aryl methyl sites for hydroxylation is 1. The van der Waals surface area contributed by atoms with Gasteiger partial charge in [-0.15, -0.1) is 0 Å². The van der Waals surface area contributed by atoms with Crippen LogP contribution in [0.5, 0.6) is 0 Å². The van der Waals surface area contributed by atoms with E-state index in [1.165, 1.54) is 60.3 Å². The second-order valence-corrected chi connectivity index (χ2v) is 8.07. The highest BCUT2D eigenvalue weighted by Crippen LogP contribution is 2.33. The van der Waals surface area contributed by atoms with Gasteiger partial charge in [-0.1, -0.05) is 83.0 Å². The molecule has 0 unspecified atom stereocenters. The first-order chi connectivity index (χ1) is 11.2. The van der Waals surface area contributed by atoms with E-state index in [0.717, 1.165) is 15.5 Å². The van der Waals surface area contributed by atoms with Crippen LogP contribution in [0.4, 0.5) is 0 Å². The minimum atomic E-state index is 1.10. The summed E-state index contributed by atoms with van der Waals surface area (Å²) >= 11 is 7.25. The van der Waals surface area contributed by atoms with E-state index in [1.54, 1.807) is 0 Å². The lowest BCUT2D eigenvalue weighted by Gasteiger charge is -2.08. The van der Waals surface area contributed by atoms with Crippen molar-refractivity contribution >= 4 is 53.7 Å². The molecule has 1 nitrogen and oxygen atoms in total. The van der Waals surface area contributed by atoms with Gasteiger partial charge in [-0.25, -0.2) is 0 Å². The lowest BCUT2D eigenvalue weighted by Crippen LogP contribution is -1.97. The molecule has 0 N–H and O–H groups in total. The molecule has 0 aliphatic rings. The molecule has 0 atom stereocenters. The summed E-state index contributed by atoms with van der Waals surface area (Å²) in [6.07, 6.45) is 7.99. The molecule has 3 rings (SSSR count). The first-order valence-electron chi connectivity index (χ1n) is 8.57. The minimum absolute atomic E-state index is 1.10. The van der Waals surface area contributed by atoms with Crippen LogP contribution in [0, 0.1) is 0 Å². The third-order valence-corrected chi connectivity index (χ3v) is 5.51. The van der Waals surface area contributed by atoms with Crippen molar-refractivity contribution in [3.8, 4) is 0 Å². The molecular formula is C20H23Br2N. The Balaban J connectivity index is 1.89. The molecule has 0 aliphatic carbocycles. The van der Waals surface area contributed by atoms with Crippen molar-refractivity contribution in [3.05, 3.63) is 45.3 Å². The summed E-state index contributed by atoms with van der Waals surface area (Å²) in [4.78, 5) is 0. The SMILES string of the molecule is CCCCCCCCn1c2cc(Br)ccc2c2ccc(Br)cc21. The number of rotatable bonds is 7. The molecule has 122 valence electrons. The zero-order valence-electron chi connectivity index (χ0n) is 13.6. The number of nitrogens with zero attached hydrogens (tertiary/aromatic N) is 1. The largest absolute Gasteiger partial charge is 0.340 e. The smallest absolute Gasteiger partial charge is 0.0502 e. The van der Waals surface area contributed by atoms with Gasteiger partial charge in [0.25, 0.3) is 0 Å². The van der Waals surface area contributed by atoms with Crippen LogP contribution in [0.25, 0.3) is 21.8 Å². The third kappa shape index (κ3) is 3.83. The molecule has 0 radical (unpaired) electrons. The van der Waals surface area contributed by atoms with E-state index in [2.05, 4.69) is 79.7 Å². The highest BCUT2D eigenvalue weighted by molar-refractivity contribution is 9.10. The summed E-state index contributed by atoms with van der Waals surface area (Å²) in [5, 5.41) is 2.70. The van der Waals surface area contributed by atoms with Crippen LogP contribution in [-0.2, 0) is 6.54 Å². The van der Waals surface area contributed by atoms with Gasteiger partial charge in [0.2, 0.25) is 0 Å². The molecule has 0 spiro atoms. The molecule has 0 aliphatic heterocycles. The molecule has 0 saturated carbocycles. The molecule has 0 saturated heterocycles. The Kier molecular flexibility index (Phi) is 5.81. The maximum absolute atomic E-state index is 3.63. The number of fused-ring (bicyclic) bond motifs is 3. The van der Waals surface area contributed by atoms with Crippen molar-refractivity contribution < 1.29 is 0 Å². The molecule has 3 heteroatoms. The summed E-state index contributed by atoms with van der Waals surface area (Å²) in [6, 6.07) is 13.2. The Morgan fingerprint density at radius 2 is 1.26 bits per heavy atom. The van der Waals surface area contributed by atoms with Gasteiger partial charge in [0.1, 0.15) is 0 Å². The summed E-state index contributed by atoms with van der Waals surface area (Å²) in [6.45, 7) is 3.37. The first kappa shape index (κ1) is 17.0. The van der Waals surface area contributed by atoms with Crippen LogP contribution in [0.3, 0.4) is 0 Å². The van der Waals surface area contributed by atoms with Gasteiger partial charge in [0, 0.05) is 26.3 Å². The van der Waals surface area contributed by atoms with Crippen LogP contribution in [0.2, 0.25) is 0 Å². The lowest BCUT2D eigenvalue weighted by atomic mass is 10.1. The van der Waals surface area contributed by atoms with Crippen molar-refractivity contribution in [2.24, 2.45) is 0 Å². The number of halogens is 2. The molecule has 2 aromatic carbocycles. The molecule has 3 aromatic rings. The summed E-state index contributed by atoms with van der Waals surface area (Å²) in [5.41, 5.74) is 2.67. The summed E-state index contributed by atoms with van der Waals surface area (Å²) in [7, 11) is 0. The zero-order valence-corrected chi connectivity index (χ0v) is 16.8. The molecule has 0 fully saturated rings. The standard InChI is InChI=1S/C20H23Br2N/c1-2-3-4-5-6-7-12-23-19-13-15(21)8-10-17(19)18-11-9-16(22)14-20(18)23/h8-11,13-14H,2-7,12H2,1H3. The average molecular weight is 437 g/mol. The Labute approximate surface area is 155 Å². The van der Waals surface area contributed by atoms with Gasteiger partial charge in [-0.05, 0) is 30.7 Å². The van der Waals surface area contributed by atoms with E-state index in [4.69, 9.17) is 0 Å². The second kappa shape index (κ2) is 7.85. The minimum Gasteiger partial charge on any atom is -0.340 e. The average Bonchev–Trinajstić information content (AvgIpc) is 2.83. The molecule has 23 heavy (non-hydrogen) atoms. The molecular weight excluding hydrogens is 414 g/mol. The second-order valence-electron chi connectivity index (χ2n) is 6.24. The highest BCUT2D eigenvalue weighted by atomic mass is 79.9. The van der Waals surface area contributed by atoms with E-state index in [0.29, 0.717) is 0 Å². The normalized spacial score (nSPS) is 11.6. The highest BCUT2D eigenvalue weighted by Gasteiger charge is 2.11. The Hall–Kier alpha value is -0.800. The van der Waals surface area contributed by atoms with E-state index < -0.39 is 0 Å². The zero-order chi connectivity index (χ0) is 16.2. The number of hydrogen-bond acceptors (Lipinski definition) is 0. The Morgan fingerprint density at radius 1 is 0.739 bits per heavy atom. The van der Waals surface area contributed by atoms with Crippen molar-refractivity contribution in [1.29, 1.82) is 0 Å². The van der Waals surface area contributed by atoms with Crippen molar-refractivity contribution in [3.63, 3.8) is 0 Å². The van der Waals surface area contributed by atoms with Gasteiger partial charge in [0.15, 0.2) is 0 Å². The number of aromatic nitrogens is 1. The van der Waals surface area contributed by atoms with Crippen LogP contribution < -0.4 is 0 Å². The fourth-order valence-electron chi connectivity index (χ4n) is 3.33. The number of hydrogen-bond donors (Lipinski definition) is 0. The third-order valence-electron chi connectivity index (χ3n) is 4.53. The monoisotopic (exact) mass is 435 g/mol. The number of benzene rings is 2. The van der Waals surface area contributed by atoms with E-state index in [1.807, 2.05) is 0 Å². The van der Waals surface area contributed by atoms with Crippen LogP contribution >= 0.6 is 31.9 Å². The quantitative estimate of drug-likeness (QED) is 0.334. The topological polar surface area (TPSA) is 4.93 Å². The Bertz CT molecular complexity index is 745. The van der Waals surface area contributed by atoms with Crippen molar-refractivity contribution in [2.75, 3.05) is 0 Å². The molecule has 1 heterocycles. The van der Waals surface area contributed by atoms with E-state index in [9.17, 15) is 0 Å². The first-order valence-corrected chi connectivity index (χ1v) is 10.2. The fourth-order valence-corrected chi connectivity index (χ4v) is 4.03. The van der Waals surface area contributed by atoms with Crippen molar-refractivity contribution in [2.45, 2.75) is 52.0 Å². The summed E-state index contributed by atoms with van der Waals surface area (Å²) < 4.78 is 4.78. The van der Waals surface area contributed by atoms with Gasteiger partial charge >= 0.3 is 0 Å². The molecule has 0 bridgehead atoms. The predicted molar refractivity (Wildman–Crippen MR) is 108 cm³/mol. The fraction of sp³-hybridized carbons (Fsp3) is 0.400. The summed E-state index contributed by atoms with van der Waals surface area (Å²) in [5.74, 6) is 0. The van der Waals surface area contributed by atoms with Crippen molar-refractivity contribution in [1.82, 2.24) is 4.57 Å². The van der Waals surface area contributed by atoms with Gasteiger partial charge < -0.3 is 4.57 Å².